The Kier molecular flexibility index (Phi) is 6.19. The van der Waals surface area contributed by atoms with E-state index < -0.39 is 0 Å². The largest absolute Gasteiger partial charge is 0.0905 e. The van der Waals surface area contributed by atoms with Crippen LogP contribution >= 0.6 is 11.8 Å². The molecule has 3 rings (SSSR count). The van der Waals surface area contributed by atoms with Crippen molar-refractivity contribution in [2.75, 3.05) is 0 Å². The smallest absolute Gasteiger partial charge is 0.0122 e. The van der Waals surface area contributed by atoms with Crippen molar-refractivity contribution in [2.24, 2.45) is 0 Å². The van der Waals surface area contributed by atoms with Crippen molar-refractivity contribution in [2.45, 2.75) is 24.7 Å². The summed E-state index contributed by atoms with van der Waals surface area (Å²) in [6, 6.07) is 20.8. The van der Waals surface area contributed by atoms with Crippen LogP contribution in [0.25, 0.3) is 0 Å². The maximum Gasteiger partial charge on any atom is 0.0122 e. The minimum Gasteiger partial charge on any atom is -0.0905 e. The van der Waals surface area contributed by atoms with Gasteiger partial charge in [-0.15, -0.1) is 0 Å². The van der Waals surface area contributed by atoms with Crippen LogP contribution in [0.4, 0.5) is 0 Å². The standard InChI is InChI=1S/C12H12S.C7H8/c1-3-7-11(8-4-1)13-12-9-5-2-6-10-12;1-7-5-3-2-4-6-7/h1,3-5,7-10H,2,6H2;2-6H,1H3. The number of hydrogen-bond donors (Lipinski definition) is 0. The van der Waals surface area contributed by atoms with Gasteiger partial charge >= 0.3 is 0 Å². The molecule has 0 amide bonds. The fourth-order valence-electron chi connectivity index (χ4n) is 1.82. The zero-order valence-electron chi connectivity index (χ0n) is 11.8. The second kappa shape index (κ2) is 8.44. The van der Waals surface area contributed by atoms with Gasteiger partial charge in [0.2, 0.25) is 0 Å². The molecule has 0 aliphatic heterocycles. The molecule has 0 radical (unpaired) electrons. The summed E-state index contributed by atoms with van der Waals surface area (Å²) < 4.78 is 0. The lowest BCUT2D eigenvalue weighted by atomic mass is 10.2. The molecule has 2 aromatic rings. The molecule has 0 saturated carbocycles. The molecule has 20 heavy (non-hydrogen) atoms. The molecular formula is C19H20S. The lowest BCUT2D eigenvalue weighted by Gasteiger charge is -2.05. The maximum absolute atomic E-state index is 2.30. The quantitative estimate of drug-likeness (QED) is 0.649. The summed E-state index contributed by atoms with van der Waals surface area (Å²) in [7, 11) is 0. The van der Waals surface area contributed by atoms with Crippen LogP contribution in [0.5, 0.6) is 0 Å². The van der Waals surface area contributed by atoms with Gasteiger partial charge in [0.15, 0.2) is 0 Å². The molecule has 2 aromatic carbocycles. The molecule has 0 heterocycles. The van der Waals surface area contributed by atoms with Gasteiger partial charge in [0, 0.05) is 9.80 Å². The van der Waals surface area contributed by atoms with Gasteiger partial charge in [-0.1, -0.05) is 84.1 Å². The van der Waals surface area contributed by atoms with E-state index in [0.29, 0.717) is 0 Å². The SMILES string of the molecule is C1=CC(Sc2ccccc2)=CCC1.Cc1ccccc1. The Hall–Kier alpha value is -1.73. The molecular weight excluding hydrogens is 260 g/mol. The van der Waals surface area contributed by atoms with E-state index in [0.717, 1.165) is 0 Å². The third-order valence-corrected chi connectivity index (χ3v) is 3.93. The van der Waals surface area contributed by atoms with E-state index in [9.17, 15) is 0 Å². The van der Waals surface area contributed by atoms with E-state index in [1.54, 1.807) is 0 Å². The van der Waals surface area contributed by atoms with Gasteiger partial charge in [-0.2, -0.15) is 0 Å². The summed E-state index contributed by atoms with van der Waals surface area (Å²) in [6.45, 7) is 2.08. The second-order valence-electron chi connectivity index (χ2n) is 4.66. The molecule has 0 N–H and O–H groups in total. The van der Waals surface area contributed by atoms with E-state index in [4.69, 9.17) is 0 Å². The van der Waals surface area contributed by atoms with Crippen LogP contribution in [-0.2, 0) is 0 Å². The third kappa shape index (κ3) is 5.50. The Morgan fingerprint density at radius 1 is 0.800 bits per heavy atom. The maximum atomic E-state index is 2.30. The van der Waals surface area contributed by atoms with Crippen molar-refractivity contribution < 1.29 is 0 Å². The van der Waals surface area contributed by atoms with Gasteiger partial charge in [0.25, 0.3) is 0 Å². The van der Waals surface area contributed by atoms with Crippen molar-refractivity contribution in [3.63, 3.8) is 0 Å². The Morgan fingerprint density at radius 3 is 1.95 bits per heavy atom. The Balaban J connectivity index is 0.000000178. The zero-order valence-corrected chi connectivity index (χ0v) is 12.6. The molecule has 102 valence electrons. The summed E-state index contributed by atoms with van der Waals surface area (Å²) in [4.78, 5) is 2.69. The molecule has 0 spiro atoms. The van der Waals surface area contributed by atoms with E-state index >= 15 is 0 Å². The number of allylic oxidation sites excluding steroid dienone is 3. The average Bonchev–Trinajstić information content (AvgIpc) is 2.51. The van der Waals surface area contributed by atoms with E-state index in [1.165, 1.54) is 28.2 Å². The Labute approximate surface area is 126 Å². The third-order valence-electron chi connectivity index (χ3n) is 2.88. The van der Waals surface area contributed by atoms with Crippen LogP contribution in [-0.4, -0.2) is 0 Å². The van der Waals surface area contributed by atoms with Crippen LogP contribution in [0.3, 0.4) is 0 Å². The fourth-order valence-corrected chi connectivity index (χ4v) is 2.75. The Bertz CT molecular complexity index is 553. The van der Waals surface area contributed by atoms with Gasteiger partial charge in [-0.25, -0.2) is 0 Å². The predicted octanol–water partition coefficient (Wildman–Crippen LogP) is 6.01. The summed E-state index contributed by atoms with van der Waals surface area (Å²) in [5, 5.41) is 0. The second-order valence-corrected chi connectivity index (χ2v) is 5.80. The summed E-state index contributed by atoms with van der Waals surface area (Å²) in [5.41, 5.74) is 1.32. The van der Waals surface area contributed by atoms with Crippen LogP contribution in [0, 0.1) is 6.92 Å². The summed E-state index contributed by atoms with van der Waals surface area (Å²) >= 11 is 1.84. The first-order valence-electron chi connectivity index (χ1n) is 6.96. The highest BCUT2D eigenvalue weighted by Gasteiger charge is 1.98. The molecule has 0 unspecified atom stereocenters. The molecule has 0 aromatic heterocycles. The lowest BCUT2D eigenvalue weighted by molar-refractivity contribution is 1.03. The minimum absolute atomic E-state index is 1.19. The van der Waals surface area contributed by atoms with Crippen molar-refractivity contribution in [3.05, 3.63) is 89.4 Å². The first kappa shape index (κ1) is 14.7. The van der Waals surface area contributed by atoms with Gasteiger partial charge in [0.05, 0.1) is 0 Å². The molecule has 0 saturated heterocycles. The van der Waals surface area contributed by atoms with E-state index in [1.807, 2.05) is 30.0 Å². The zero-order chi connectivity index (χ0) is 14.0. The molecule has 1 heteroatoms. The molecule has 0 fully saturated rings. The number of rotatable bonds is 2. The van der Waals surface area contributed by atoms with Gasteiger partial charge < -0.3 is 0 Å². The molecule has 0 nitrogen and oxygen atoms in total. The van der Waals surface area contributed by atoms with Crippen LogP contribution in [0.1, 0.15) is 18.4 Å². The molecule has 0 bridgehead atoms. The van der Waals surface area contributed by atoms with Crippen molar-refractivity contribution in [3.8, 4) is 0 Å². The number of hydrogen-bond acceptors (Lipinski definition) is 1. The normalized spacial score (nSPS) is 13.2. The van der Waals surface area contributed by atoms with Gasteiger partial charge in [-0.05, 0) is 31.9 Å². The van der Waals surface area contributed by atoms with Crippen molar-refractivity contribution >= 4 is 11.8 Å². The van der Waals surface area contributed by atoms with Crippen LogP contribution < -0.4 is 0 Å². The molecule has 0 atom stereocenters. The minimum atomic E-state index is 1.19. The van der Waals surface area contributed by atoms with Crippen molar-refractivity contribution in [1.29, 1.82) is 0 Å². The van der Waals surface area contributed by atoms with E-state index in [2.05, 4.69) is 67.6 Å². The van der Waals surface area contributed by atoms with Crippen LogP contribution in [0.15, 0.2) is 88.7 Å². The van der Waals surface area contributed by atoms with Gasteiger partial charge in [0.1, 0.15) is 0 Å². The lowest BCUT2D eigenvalue weighted by Crippen LogP contribution is -1.79. The Morgan fingerprint density at radius 2 is 1.45 bits per heavy atom. The first-order chi connectivity index (χ1) is 9.84. The highest BCUT2D eigenvalue weighted by molar-refractivity contribution is 8.03. The predicted molar refractivity (Wildman–Crippen MR) is 89.9 cm³/mol. The van der Waals surface area contributed by atoms with Crippen LogP contribution in [0.2, 0.25) is 0 Å². The van der Waals surface area contributed by atoms with Crippen molar-refractivity contribution in [1.82, 2.24) is 0 Å². The molecule has 1 aliphatic rings. The average molecular weight is 280 g/mol. The summed E-state index contributed by atoms with van der Waals surface area (Å²) in [6.07, 6.45) is 9.13. The number of aryl methyl sites for hydroxylation is 1. The first-order valence-corrected chi connectivity index (χ1v) is 7.77. The topological polar surface area (TPSA) is 0 Å². The highest BCUT2D eigenvalue weighted by Crippen LogP contribution is 2.29. The monoisotopic (exact) mass is 280 g/mol. The number of thioether (sulfide) groups is 1. The number of benzene rings is 2. The summed E-state index contributed by atoms with van der Waals surface area (Å²) in [5.74, 6) is 0. The molecule has 1 aliphatic carbocycles. The highest BCUT2D eigenvalue weighted by atomic mass is 32.2. The fraction of sp³-hybridized carbons (Fsp3) is 0.158. The van der Waals surface area contributed by atoms with E-state index in [-0.39, 0.29) is 0 Å². The van der Waals surface area contributed by atoms with Gasteiger partial charge in [-0.3, -0.25) is 0 Å².